The van der Waals surface area contributed by atoms with Crippen LogP contribution in [0, 0.1) is 17.1 Å². The minimum Gasteiger partial charge on any atom is -0.454 e. The quantitative estimate of drug-likeness (QED) is 0.478. The van der Waals surface area contributed by atoms with Crippen molar-refractivity contribution >= 4 is 34.7 Å². The second-order valence-corrected chi connectivity index (χ2v) is 6.20. The number of hydrogen-bond donors (Lipinski definition) is 1. The normalized spacial score (nSPS) is 12.1. The first kappa shape index (κ1) is 19.1. The molecule has 5 nitrogen and oxygen atoms in total. The van der Waals surface area contributed by atoms with E-state index in [0.717, 1.165) is 0 Å². The smallest absolute Gasteiger partial charge is 0.340 e. The molecule has 1 aromatic heterocycles. The van der Waals surface area contributed by atoms with Crippen LogP contribution in [-0.4, -0.2) is 18.4 Å². The molecular weight excluding hydrogens is 355 g/mol. The number of Topliss-reactive ketones (excluding diaryl/α,β-unsaturated/α-hetero) is 1. The van der Waals surface area contributed by atoms with Crippen molar-refractivity contribution in [2.45, 2.75) is 6.92 Å². The number of allylic oxidation sites excluding steroid dienone is 1. The minimum atomic E-state index is -0.725. The molecule has 0 unspecified atom stereocenters. The van der Waals surface area contributed by atoms with Crippen molar-refractivity contribution < 1.29 is 18.7 Å². The van der Waals surface area contributed by atoms with Crippen molar-refractivity contribution in [3.63, 3.8) is 0 Å². The molecule has 2 rings (SSSR count). The lowest BCUT2D eigenvalue weighted by molar-refractivity contribution is -0.140. The van der Waals surface area contributed by atoms with E-state index in [2.05, 4.69) is 0 Å². The van der Waals surface area contributed by atoms with Crippen LogP contribution < -0.4 is 5.73 Å². The summed E-state index contributed by atoms with van der Waals surface area (Å²) in [5.41, 5.74) is 6.12. The molecule has 1 aromatic carbocycles. The van der Waals surface area contributed by atoms with E-state index in [1.165, 1.54) is 42.5 Å². The zero-order chi connectivity index (χ0) is 19.1. The van der Waals surface area contributed by atoms with Gasteiger partial charge in [-0.1, -0.05) is 18.2 Å². The van der Waals surface area contributed by atoms with Crippen LogP contribution >= 0.6 is 11.3 Å². The topological polar surface area (TPSA) is 93.2 Å². The Hall–Kier alpha value is -3.24. The third kappa shape index (κ3) is 4.88. The van der Waals surface area contributed by atoms with Gasteiger partial charge in [0, 0.05) is 10.6 Å². The van der Waals surface area contributed by atoms with Crippen LogP contribution in [-0.2, 0) is 14.3 Å². The second-order valence-electron chi connectivity index (χ2n) is 5.26. The number of hydrogen-bond acceptors (Lipinski definition) is 6. The SMILES string of the molecule is CC(N)=C(C#N)C(=O)COC(=O)C(=Cc1ccc(F)cc1)c1cccs1. The summed E-state index contributed by atoms with van der Waals surface area (Å²) in [5.74, 6) is -1.79. The highest BCUT2D eigenvalue weighted by molar-refractivity contribution is 7.11. The fourth-order valence-electron chi connectivity index (χ4n) is 2.04. The van der Waals surface area contributed by atoms with Crippen molar-refractivity contribution in [2.24, 2.45) is 5.73 Å². The van der Waals surface area contributed by atoms with Crippen molar-refractivity contribution in [3.8, 4) is 6.07 Å². The highest BCUT2D eigenvalue weighted by Gasteiger charge is 2.19. The number of benzene rings is 1. The zero-order valence-corrected chi connectivity index (χ0v) is 14.7. The predicted octanol–water partition coefficient (Wildman–Crippen LogP) is 3.30. The third-order valence-electron chi connectivity index (χ3n) is 3.31. The van der Waals surface area contributed by atoms with Crippen molar-refractivity contribution in [1.29, 1.82) is 5.26 Å². The Kier molecular flexibility index (Phi) is 6.42. The summed E-state index contributed by atoms with van der Waals surface area (Å²) in [4.78, 5) is 25.0. The van der Waals surface area contributed by atoms with Crippen molar-refractivity contribution in [1.82, 2.24) is 0 Å². The molecule has 0 fully saturated rings. The van der Waals surface area contributed by atoms with Crippen molar-refractivity contribution in [3.05, 3.63) is 69.3 Å². The summed E-state index contributed by atoms with van der Waals surface area (Å²) >= 11 is 1.32. The van der Waals surface area contributed by atoms with E-state index in [1.807, 2.05) is 0 Å². The van der Waals surface area contributed by atoms with Gasteiger partial charge >= 0.3 is 5.97 Å². The van der Waals surface area contributed by atoms with Crippen LogP contribution in [0.1, 0.15) is 17.4 Å². The number of ketones is 1. The number of thiophene rings is 1. The van der Waals surface area contributed by atoms with Gasteiger partial charge in [-0.15, -0.1) is 11.3 Å². The summed E-state index contributed by atoms with van der Waals surface area (Å²) in [6, 6.07) is 10.8. The minimum absolute atomic E-state index is 0.0638. The Morgan fingerprint density at radius 1 is 1.31 bits per heavy atom. The van der Waals surface area contributed by atoms with Crippen LogP contribution in [0.2, 0.25) is 0 Å². The fraction of sp³-hybridized carbons (Fsp3) is 0.105. The molecule has 0 amide bonds. The average Bonchev–Trinajstić information content (AvgIpc) is 3.13. The second kappa shape index (κ2) is 8.74. The van der Waals surface area contributed by atoms with Crippen molar-refractivity contribution in [2.75, 3.05) is 6.61 Å². The summed E-state index contributed by atoms with van der Waals surface area (Å²) in [5, 5.41) is 10.7. The molecule has 0 saturated carbocycles. The average molecular weight is 370 g/mol. The molecule has 26 heavy (non-hydrogen) atoms. The van der Waals surface area contributed by atoms with Crippen LogP contribution in [0.25, 0.3) is 11.6 Å². The first-order chi connectivity index (χ1) is 12.4. The summed E-state index contributed by atoms with van der Waals surface area (Å²) in [6.07, 6.45) is 1.55. The van der Waals surface area contributed by atoms with E-state index in [0.29, 0.717) is 10.4 Å². The van der Waals surface area contributed by atoms with E-state index in [-0.39, 0.29) is 22.7 Å². The van der Waals surface area contributed by atoms with Crippen LogP contribution in [0.5, 0.6) is 0 Å². The number of ether oxygens (including phenoxy) is 1. The molecule has 0 saturated heterocycles. The summed E-state index contributed by atoms with van der Waals surface area (Å²) < 4.78 is 18.1. The molecule has 0 aliphatic rings. The first-order valence-electron chi connectivity index (χ1n) is 7.50. The summed E-state index contributed by atoms with van der Waals surface area (Å²) in [6.45, 7) is 0.826. The maximum absolute atomic E-state index is 13.1. The molecule has 2 aromatic rings. The number of carbonyl (C=O) groups excluding carboxylic acids is 2. The van der Waals surface area contributed by atoms with E-state index in [1.54, 1.807) is 29.7 Å². The molecule has 2 N–H and O–H groups in total. The molecule has 132 valence electrons. The lowest BCUT2D eigenvalue weighted by Crippen LogP contribution is -2.18. The Bertz CT molecular complexity index is 903. The standard InChI is InChI=1S/C19H15FN2O3S/c1-12(22)16(10-21)17(23)11-25-19(24)15(18-3-2-8-26-18)9-13-4-6-14(20)7-5-13/h2-9H,11,22H2,1H3. The molecule has 1 heterocycles. The van der Waals surface area contributed by atoms with Gasteiger partial charge in [-0.25, -0.2) is 9.18 Å². The van der Waals surface area contributed by atoms with Gasteiger partial charge in [0.05, 0.1) is 5.57 Å². The largest absolute Gasteiger partial charge is 0.454 e. The maximum Gasteiger partial charge on any atom is 0.340 e. The van der Waals surface area contributed by atoms with E-state index in [9.17, 15) is 14.0 Å². The molecule has 7 heteroatoms. The lowest BCUT2D eigenvalue weighted by atomic mass is 10.1. The Labute approximate surface area is 153 Å². The molecular formula is C19H15FN2O3S. The lowest BCUT2D eigenvalue weighted by Gasteiger charge is -2.07. The molecule has 0 aliphatic heterocycles. The fourth-order valence-corrected chi connectivity index (χ4v) is 2.77. The van der Waals surface area contributed by atoms with Gasteiger partial charge in [0.15, 0.2) is 6.61 Å². The summed E-state index contributed by atoms with van der Waals surface area (Å²) in [7, 11) is 0. The number of halogens is 1. The number of nitrogens with two attached hydrogens (primary N) is 1. The predicted molar refractivity (Wildman–Crippen MR) is 97.1 cm³/mol. The maximum atomic E-state index is 13.1. The highest BCUT2D eigenvalue weighted by atomic mass is 32.1. The van der Waals surface area contributed by atoms with Crippen LogP contribution in [0.15, 0.2) is 53.0 Å². The van der Waals surface area contributed by atoms with Gasteiger partial charge in [-0.2, -0.15) is 5.26 Å². The number of rotatable bonds is 6. The number of carbonyl (C=O) groups is 2. The Balaban J connectivity index is 2.23. The monoisotopic (exact) mass is 370 g/mol. The third-order valence-corrected chi connectivity index (χ3v) is 4.21. The number of esters is 1. The van der Waals surface area contributed by atoms with Gasteiger partial charge < -0.3 is 10.5 Å². The van der Waals surface area contributed by atoms with Gasteiger partial charge in [-0.05, 0) is 42.1 Å². The highest BCUT2D eigenvalue weighted by Crippen LogP contribution is 2.24. The van der Waals surface area contributed by atoms with E-state index in [4.69, 9.17) is 15.7 Å². The molecule has 0 aliphatic carbocycles. The number of nitriles is 1. The number of nitrogens with zero attached hydrogens (tertiary/aromatic N) is 1. The van der Waals surface area contributed by atoms with E-state index >= 15 is 0 Å². The Morgan fingerprint density at radius 3 is 2.54 bits per heavy atom. The van der Waals surface area contributed by atoms with Gasteiger partial charge in [0.2, 0.25) is 5.78 Å². The van der Waals surface area contributed by atoms with Crippen LogP contribution in [0.4, 0.5) is 4.39 Å². The van der Waals surface area contributed by atoms with Gasteiger partial charge in [0.25, 0.3) is 0 Å². The molecule has 0 bridgehead atoms. The molecule has 0 radical (unpaired) electrons. The van der Waals surface area contributed by atoms with Gasteiger partial charge in [0.1, 0.15) is 17.5 Å². The van der Waals surface area contributed by atoms with Crippen LogP contribution in [0.3, 0.4) is 0 Å². The Morgan fingerprint density at radius 2 is 2.00 bits per heavy atom. The van der Waals surface area contributed by atoms with Gasteiger partial charge in [-0.3, -0.25) is 4.79 Å². The van der Waals surface area contributed by atoms with E-state index < -0.39 is 18.4 Å². The first-order valence-corrected chi connectivity index (χ1v) is 8.38. The molecule has 0 spiro atoms. The molecule has 0 atom stereocenters. The zero-order valence-electron chi connectivity index (χ0n) is 13.9.